The van der Waals surface area contributed by atoms with Gasteiger partial charge in [0, 0.05) is 36.8 Å². The average molecular weight is 993 g/mol. The summed E-state index contributed by atoms with van der Waals surface area (Å²) in [5.41, 5.74) is 10.7. The molecule has 18 nitrogen and oxygen atoms in total. The number of benzene rings is 4. The Bertz CT molecular complexity index is 2320. The summed E-state index contributed by atoms with van der Waals surface area (Å²) in [4.78, 5) is 79.2. The summed E-state index contributed by atoms with van der Waals surface area (Å²) in [5, 5.41) is 10.8. The van der Waals surface area contributed by atoms with Gasteiger partial charge in [-0.1, -0.05) is 64.1 Å². The molecular weight excluding hydrogens is 921 g/mol. The number of hydrogen-bond acceptors (Lipinski definition) is 12. The normalized spacial score (nSPS) is 13.5. The zero-order chi connectivity index (χ0) is 52.5. The molecule has 18 heteroatoms. The molecule has 10 N–H and O–H groups in total. The minimum Gasteiger partial charge on any atom is -0.493 e. The van der Waals surface area contributed by atoms with Gasteiger partial charge >= 0.3 is 0 Å². The van der Waals surface area contributed by atoms with E-state index in [4.69, 9.17) is 30.6 Å². The molecule has 5 rings (SSSR count). The number of nitrogens with one attached hydrogen (secondary N) is 6. The molecule has 8 bridgehead atoms. The first kappa shape index (κ1) is 55.7. The first-order valence-corrected chi connectivity index (χ1v) is 24.8. The van der Waals surface area contributed by atoms with Crippen molar-refractivity contribution in [2.24, 2.45) is 11.7 Å². The Balaban J connectivity index is 1.75. The van der Waals surface area contributed by atoms with Crippen molar-refractivity contribution < 1.29 is 47.7 Å². The number of fused-ring (bicyclic) bond motifs is 8. The Morgan fingerprint density at radius 2 is 0.667 bits per heavy atom. The van der Waals surface area contributed by atoms with E-state index < -0.39 is 59.6 Å². The summed E-state index contributed by atoms with van der Waals surface area (Å²) >= 11 is 0. The summed E-state index contributed by atoms with van der Waals surface area (Å²) in [6, 6.07) is 15.0. The number of nitrogens with two attached hydrogens (primary N) is 2. The van der Waals surface area contributed by atoms with Crippen molar-refractivity contribution in [1.29, 1.82) is 0 Å². The SMILES string of the molecule is CCCOc1c2cccc1Cc1cc(C(=O)N[C@@H](C)C(=O)N[C@@H](C)C(=O)NN)cc(c1OCCC)Cc1cccc(c1OCCC)Cc1cc(C(=O)N[C@@H](C)C(=O)N[C@@H](C)C(=O)NN)cc(c1OCCC)C2. The Morgan fingerprint density at radius 3 is 0.917 bits per heavy atom. The van der Waals surface area contributed by atoms with Gasteiger partial charge in [-0.05, 0) is 122 Å². The van der Waals surface area contributed by atoms with Crippen LogP contribution in [0.2, 0.25) is 0 Å². The van der Waals surface area contributed by atoms with Crippen molar-refractivity contribution in [2.45, 2.75) is 131 Å². The summed E-state index contributed by atoms with van der Waals surface area (Å²) in [6.45, 7) is 15.7. The molecule has 0 fully saturated rings. The fourth-order valence-electron chi connectivity index (χ4n) is 8.26. The van der Waals surface area contributed by atoms with E-state index in [1.54, 1.807) is 24.3 Å². The topological polar surface area (TPSA) is 264 Å². The van der Waals surface area contributed by atoms with Crippen LogP contribution in [-0.4, -0.2) is 86.0 Å². The molecule has 4 aromatic carbocycles. The number of hydrazine groups is 2. The molecule has 0 unspecified atom stereocenters. The summed E-state index contributed by atoms with van der Waals surface area (Å²) < 4.78 is 26.6. The molecule has 0 heterocycles. The minimum atomic E-state index is -1.02. The molecule has 0 saturated carbocycles. The van der Waals surface area contributed by atoms with Crippen LogP contribution in [0.4, 0.5) is 0 Å². The van der Waals surface area contributed by atoms with Gasteiger partial charge in [-0.2, -0.15) is 0 Å². The largest absolute Gasteiger partial charge is 0.493 e. The van der Waals surface area contributed by atoms with Gasteiger partial charge in [0.05, 0.1) is 26.4 Å². The smallest absolute Gasteiger partial charge is 0.256 e. The van der Waals surface area contributed by atoms with E-state index in [0.717, 1.165) is 22.3 Å². The van der Waals surface area contributed by atoms with Gasteiger partial charge in [-0.15, -0.1) is 0 Å². The fourth-order valence-corrected chi connectivity index (χ4v) is 8.26. The minimum absolute atomic E-state index is 0.277. The van der Waals surface area contributed by atoms with Crippen LogP contribution >= 0.6 is 0 Å². The van der Waals surface area contributed by atoms with Gasteiger partial charge in [-0.3, -0.25) is 39.6 Å². The molecule has 4 atom stereocenters. The molecule has 1 aliphatic rings. The van der Waals surface area contributed by atoms with Crippen LogP contribution in [0.1, 0.15) is 146 Å². The Kier molecular flexibility index (Phi) is 20.8. The molecule has 0 spiro atoms. The number of amides is 6. The van der Waals surface area contributed by atoms with Gasteiger partial charge in [0.25, 0.3) is 23.6 Å². The predicted molar refractivity (Wildman–Crippen MR) is 274 cm³/mol. The maximum absolute atomic E-state index is 14.3. The van der Waals surface area contributed by atoms with Gasteiger partial charge in [0.1, 0.15) is 47.2 Å². The molecule has 0 radical (unpaired) electrons. The van der Waals surface area contributed by atoms with E-state index in [-0.39, 0.29) is 36.8 Å². The molecule has 0 aliphatic heterocycles. The van der Waals surface area contributed by atoms with Crippen molar-refractivity contribution in [3.05, 3.63) is 116 Å². The van der Waals surface area contributed by atoms with Gasteiger partial charge in [0.15, 0.2) is 0 Å². The number of rotatable bonds is 22. The molecule has 4 aromatic rings. The highest BCUT2D eigenvalue weighted by Crippen LogP contribution is 2.40. The third kappa shape index (κ3) is 14.5. The second kappa shape index (κ2) is 26.9. The average Bonchev–Trinajstić information content (AvgIpc) is 3.36. The van der Waals surface area contributed by atoms with Crippen LogP contribution < -0.4 is 62.8 Å². The second-order valence-corrected chi connectivity index (χ2v) is 18.0. The maximum Gasteiger partial charge on any atom is 0.256 e. The van der Waals surface area contributed by atoms with Crippen LogP contribution in [0.25, 0.3) is 0 Å². The number of carbonyl (C=O) groups excluding carboxylic acids is 6. The third-order valence-corrected chi connectivity index (χ3v) is 12.0. The van der Waals surface area contributed by atoms with E-state index >= 15 is 0 Å². The zero-order valence-corrected chi connectivity index (χ0v) is 42.8. The van der Waals surface area contributed by atoms with Crippen LogP contribution in [0.3, 0.4) is 0 Å². The first-order valence-electron chi connectivity index (χ1n) is 24.8. The molecule has 0 saturated heterocycles. The molecule has 388 valence electrons. The van der Waals surface area contributed by atoms with E-state index in [1.165, 1.54) is 27.7 Å². The number of ether oxygens (including phenoxy) is 4. The Morgan fingerprint density at radius 1 is 0.417 bits per heavy atom. The van der Waals surface area contributed by atoms with Crippen LogP contribution in [-0.2, 0) is 44.9 Å². The van der Waals surface area contributed by atoms with E-state index in [1.807, 2.05) is 74.9 Å². The van der Waals surface area contributed by atoms with Crippen molar-refractivity contribution in [1.82, 2.24) is 32.1 Å². The van der Waals surface area contributed by atoms with Crippen molar-refractivity contribution >= 4 is 35.4 Å². The number of para-hydroxylation sites is 2. The van der Waals surface area contributed by atoms with Gasteiger partial charge in [0.2, 0.25) is 11.8 Å². The van der Waals surface area contributed by atoms with Crippen LogP contribution in [0.5, 0.6) is 23.0 Å². The second-order valence-electron chi connectivity index (χ2n) is 18.0. The summed E-state index contributed by atoms with van der Waals surface area (Å²) in [7, 11) is 0. The first-order chi connectivity index (χ1) is 34.6. The highest BCUT2D eigenvalue weighted by atomic mass is 16.5. The van der Waals surface area contributed by atoms with Gasteiger partial charge in [-0.25, -0.2) is 11.7 Å². The number of hydrogen-bond donors (Lipinski definition) is 8. The van der Waals surface area contributed by atoms with E-state index in [9.17, 15) is 28.8 Å². The van der Waals surface area contributed by atoms with Crippen LogP contribution in [0, 0.1) is 0 Å². The van der Waals surface area contributed by atoms with E-state index in [2.05, 4.69) is 21.3 Å². The maximum atomic E-state index is 14.3. The highest BCUT2D eigenvalue weighted by molar-refractivity contribution is 6.00. The van der Waals surface area contributed by atoms with Gasteiger partial charge < -0.3 is 40.2 Å². The molecule has 0 aromatic heterocycles. The highest BCUT2D eigenvalue weighted by Gasteiger charge is 2.28. The van der Waals surface area contributed by atoms with E-state index in [0.29, 0.717) is 97.4 Å². The van der Waals surface area contributed by atoms with Crippen molar-refractivity contribution in [2.75, 3.05) is 26.4 Å². The fraction of sp³-hybridized carbons (Fsp3) is 0.444. The predicted octanol–water partition coefficient (Wildman–Crippen LogP) is 4.74. The standard InChI is InChI=1S/C54H72N8O10/c1-9-19-69-45-35-15-13-16-36(45)24-40-28-44(54(68)60-32(6)50(64)58-34(8)52(66)62-56)30-42(48(40)72-22-12-4)26-38-18-14-17-37(46(38)70-20-10-2)25-41-29-43(27-39(23-35)47(41)71-21-11-3)53(67)59-31(5)49(63)57-33(7)51(65)61-55/h13-18,27-34H,9-12,19-26,55-56H2,1-8H3,(H,57,63)(H,58,64)(H,59,67)(H,60,68)(H,61,65)(H,62,66)/t31-,32-,33-,34-/m0/s1. The quantitative estimate of drug-likeness (QED) is 0.0266. The number of carbonyl (C=O) groups is 6. The third-order valence-electron chi connectivity index (χ3n) is 12.0. The zero-order valence-electron chi connectivity index (χ0n) is 42.8. The van der Waals surface area contributed by atoms with Crippen LogP contribution in [0.15, 0.2) is 60.7 Å². The molecule has 1 aliphatic carbocycles. The summed E-state index contributed by atoms with van der Waals surface area (Å²) in [5.74, 6) is 9.69. The Labute approximate surface area is 422 Å². The van der Waals surface area contributed by atoms with Crippen molar-refractivity contribution in [3.8, 4) is 23.0 Å². The lowest BCUT2D eigenvalue weighted by molar-refractivity contribution is -0.129. The lowest BCUT2D eigenvalue weighted by atomic mass is 9.89. The molecule has 72 heavy (non-hydrogen) atoms. The summed E-state index contributed by atoms with van der Waals surface area (Å²) in [6.07, 6.45) is 3.97. The lowest BCUT2D eigenvalue weighted by Crippen LogP contribution is -2.52. The Hall–Kier alpha value is -7.18. The molecular formula is C54H72N8O10. The molecule has 6 amide bonds. The van der Waals surface area contributed by atoms with Crippen molar-refractivity contribution in [3.63, 3.8) is 0 Å². The lowest BCUT2D eigenvalue weighted by Gasteiger charge is -2.24. The monoisotopic (exact) mass is 993 g/mol.